The summed E-state index contributed by atoms with van der Waals surface area (Å²) in [6.45, 7) is 2.05. The van der Waals surface area contributed by atoms with Crippen molar-refractivity contribution in [3.8, 4) is 29.1 Å². The second-order valence-corrected chi connectivity index (χ2v) is 11.3. The molecule has 4 aromatic carbocycles. The van der Waals surface area contributed by atoms with E-state index >= 15 is 0 Å². The number of halogens is 2. The van der Waals surface area contributed by atoms with Crippen molar-refractivity contribution in [2.24, 2.45) is 5.73 Å². The molecule has 0 spiro atoms. The van der Waals surface area contributed by atoms with Crippen LogP contribution in [-0.4, -0.2) is 13.1 Å². The fraction of sp³-hybridized carbons (Fsp3) is 0.118. The van der Waals surface area contributed by atoms with Crippen molar-refractivity contribution in [3.63, 3.8) is 0 Å². The molecule has 1 unspecified atom stereocenters. The van der Waals surface area contributed by atoms with Crippen LogP contribution in [0.5, 0.6) is 23.0 Å². The number of hydrogen-bond donors (Lipinski definition) is 1. The lowest BCUT2D eigenvalue weighted by Crippen LogP contribution is -2.21. The summed E-state index contributed by atoms with van der Waals surface area (Å²) in [5.74, 6) is 0.376. The number of furan rings is 1. The summed E-state index contributed by atoms with van der Waals surface area (Å²) in [6.07, 6.45) is 0. The molecule has 0 amide bonds. The molecule has 1 aliphatic rings. The zero-order valence-corrected chi connectivity index (χ0v) is 25.9. The largest absolute Gasteiger partial charge is 0.493 e. The van der Waals surface area contributed by atoms with Gasteiger partial charge in [0.25, 0.3) is 0 Å². The van der Waals surface area contributed by atoms with Gasteiger partial charge in [0, 0.05) is 37.6 Å². The molecule has 6 rings (SSSR count). The van der Waals surface area contributed by atoms with Gasteiger partial charge in [0.2, 0.25) is 11.6 Å². The Labute approximate surface area is 266 Å². The van der Waals surface area contributed by atoms with Gasteiger partial charge in [-0.15, -0.1) is 0 Å². The number of carbonyl (C=O) groups is 1. The summed E-state index contributed by atoms with van der Waals surface area (Å²) in [5.41, 5.74) is 9.91. The van der Waals surface area contributed by atoms with E-state index in [4.69, 9.17) is 40.7 Å². The maximum atomic E-state index is 13.1. The van der Waals surface area contributed by atoms with E-state index in [9.17, 15) is 10.1 Å². The first-order valence-electron chi connectivity index (χ1n) is 13.4. The summed E-state index contributed by atoms with van der Waals surface area (Å²) < 4.78 is 29.8. The van der Waals surface area contributed by atoms with Crippen molar-refractivity contribution >= 4 is 44.5 Å². The lowest BCUT2D eigenvalue weighted by molar-refractivity contribution is 0.0702. The van der Waals surface area contributed by atoms with Gasteiger partial charge in [-0.05, 0) is 55.0 Å². The number of nitriles is 1. The lowest BCUT2D eigenvalue weighted by Gasteiger charge is -2.27. The molecule has 1 atom stereocenters. The molecule has 8 nitrogen and oxygen atoms in total. The summed E-state index contributed by atoms with van der Waals surface area (Å²) in [6, 6.07) is 25.5. The van der Waals surface area contributed by atoms with Gasteiger partial charge in [-0.25, -0.2) is 4.79 Å². The molecule has 0 saturated heterocycles. The molecular formula is C34H24BrClN2O6. The lowest BCUT2D eigenvalue weighted by atomic mass is 9.83. The monoisotopic (exact) mass is 670 g/mol. The molecule has 44 heavy (non-hydrogen) atoms. The highest BCUT2D eigenvalue weighted by Gasteiger charge is 2.32. The van der Waals surface area contributed by atoms with Gasteiger partial charge >= 0.3 is 5.97 Å². The van der Waals surface area contributed by atoms with Gasteiger partial charge in [-0.1, -0.05) is 57.9 Å². The second kappa shape index (κ2) is 12.0. The molecule has 1 aliphatic heterocycles. The highest BCUT2D eigenvalue weighted by Crippen LogP contribution is 2.45. The van der Waals surface area contributed by atoms with Gasteiger partial charge in [0.1, 0.15) is 35.3 Å². The Morgan fingerprint density at radius 3 is 2.66 bits per heavy atom. The van der Waals surface area contributed by atoms with Crippen molar-refractivity contribution in [2.75, 3.05) is 7.11 Å². The smallest absolute Gasteiger partial charge is 0.379 e. The molecule has 2 N–H and O–H groups in total. The van der Waals surface area contributed by atoms with Crippen LogP contribution < -0.4 is 24.7 Å². The molecule has 0 aliphatic carbocycles. The normalized spacial score (nSPS) is 14.0. The Bertz CT molecular complexity index is 2010. The van der Waals surface area contributed by atoms with Gasteiger partial charge in [-0.3, -0.25) is 0 Å². The van der Waals surface area contributed by atoms with Crippen molar-refractivity contribution in [2.45, 2.75) is 19.4 Å². The van der Waals surface area contributed by atoms with Crippen LogP contribution in [0.2, 0.25) is 5.02 Å². The van der Waals surface area contributed by atoms with Crippen LogP contribution in [0.3, 0.4) is 0 Å². The summed E-state index contributed by atoms with van der Waals surface area (Å²) in [4.78, 5) is 13.1. The summed E-state index contributed by atoms with van der Waals surface area (Å²) in [7, 11) is 1.54. The van der Waals surface area contributed by atoms with Crippen molar-refractivity contribution in [1.29, 1.82) is 5.26 Å². The molecule has 0 bridgehead atoms. The molecule has 10 heteroatoms. The SMILES string of the molecule is COc1cc(C2C(C#N)=C(N)Oc3cc(OC(=O)c4oc5ccc(Br)cc5c4C)ccc32)ccc1OCc1ccccc1Cl. The number of carbonyl (C=O) groups excluding carboxylic acids is 1. The first-order chi connectivity index (χ1) is 21.3. The third-order valence-corrected chi connectivity index (χ3v) is 8.21. The van der Waals surface area contributed by atoms with Crippen LogP contribution in [0.15, 0.2) is 99.2 Å². The molecule has 5 aromatic rings. The van der Waals surface area contributed by atoms with E-state index < -0.39 is 11.9 Å². The van der Waals surface area contributed by atoms with Crippen LogP contribution >= 0.6 is 27.5 Å². The fourth-order valence-corrected chi connectivity index (χ4v) is 5.69. The minimum absolute atomic E-state index is 0.0507. The number of hydrogen-bond acceptors (Lipinski definition) is 8. The van der Waals surface area contributed by atoms with Crippen LogP contribution in [-0.2, 0) is 6.61 Å². The van der Waals surface area contributed by atoms with Gasteiger partial charge in [0.15, 0.2) is 11.5 Å². The Kier molecular flexibility index (Phi) is 7.95. The quantitative estimate of drug-likeness (QED) is 0.136. The highest BCUT2D eigenvalue weighted by atomic mass is 79.9. The van der Waals surface area contributed by atoms with Crippen LogP contribution in [0, 0.1) is 18.3 Å². The minimum atomic E-state index is -0.652. The summed E-state index contributed by atoms with van der Waals surface area (Å²) >= 11 is 9.72. The average Bonchev–Trinajstić information content (AvgIpc) is 3.35. The first kappa shape index (κ1) is 29.2. The number of fused-ring (bicyclic) bond motifs is 2. The van der Waals surface area contributed by atoms with E-state index in [0.29, 0.717) is 39.0 Å². The molecule has 0 fully saturated rings. The maximum absolute atomic E-state index is 13.1. The zero-order valence-electron chi connectivity index (χ0n) is 23.5. The molecular weight excluding hydrogens is 648 g/mol. The van der Waals surface area contributed by atoms with E-state index in [1.807, 2.05) is 36.4 Å². The highest BCUT2D eigenvalue weighted by molar-refractivity contribution is 9.10. The second-order valence-electron chi connectivity index (χ2n) is 10.0. The minimum Gasteiger partial charge on any atom is -0.493 e. The third kappa shape index (κ3) is 5.46. The number of allylic oxidation sites excluding steroid dienone is 1. The first-order valence-corrected chi connectivity index (χ1v) is 14.6. The average molecular weight is 672 g/mol. The number of aryl methyl sites for hydroxylation is 1. The van der Waals surface area contributed by atoms with Crippen LogP contribution in [0.4, 0.5) is 0 Å². The van der Waals surface area contributed by atoms with Crippen LogP contribution in [0.1, 0.15) is 38.7 Å². The standard InChI is InChI=1S/C34H24BrClN2O6/c1-18-24-14-21(35)8-12-27(24)43-32(18)34(39)42-22-9-10-23-29(15-22)44-33(38)25(16-37)31(23)19-7-11-28(30(13-19)40-2)41-17-20-5-3-4-6-26(20)36/h3-15,31H,17,38H2,1-2H3. The Hall–Kier alpha value is -4.91. The number of esters is 1. The van der Waals surface area contributed by atoms with Crippen LogP contribution in [0.25, 0.3) is 11.0 Å². The zero-order chi connectivity index (χ0) is 31.0. The van der Waals surface area contributed by atoms with Gasteiger partial charge in [-0.2, -0.15) is 5.26 Å². The maximum Gasteiger partial charge on any atom is 0.379 e. The Morgan fingerprint density at radius 2 is 1.89 bits per heavy atom. The third-order valence-electron chi connectivity index (χ3n) is 7.35. The van der Waals surface area contributed by atoms with E-state index in [2.05, 4.69) is 22.0 Å². The molecule has 1 aromatic heterocycles. The van der Waals surface area contributed by atoms with E-state index in [1.54, 1.807) is 49.4 Å². The molecule has 0 saturated carbocycles. The molecule has 0 radical (unpaired) electrons. The topological polar surface area (TPSA) is 117 Å². The fourth-order valence-electron chi connectivity index (χ4n) is 5.14. The number of methoxy groups -OCH3 is 1. The van der Waals surface area contributed by atoms with E-state index in [-0.39, 0.29) is 29.6 Å². The van der Waals surface area contributed by atoms with Crippen molar-refractivity contribution in [1.82, 2.24) is 0 Å². The van der Waals surface area contributed by atoms with E-state index in [0.717, 1.165) is 21.0 Å². The summed E-state index contributed by atoms with van der Waals surface area (Å²) in [5, 5.41) is 11.4. The number of nitrogens with zero attached hydrogens (tertiary/aromatic N) is 1. The number of rotatable bonds is 7. The Morgan fingerprint density at radius 1 is 1.07 bits per heavy atom. The number of benzene rings is 4. The number of nitrogens with two attached hydrogens (primary N) is 1. The van der Waals surface area contributed by atoms with Gasteiger partial charge in [0.05, 0.1) is 13.0 Å². The Balaban J connectivity index is 1.29. The number of ether oxygens (including phenoxy) is 4. The molecule has 2 heterocycles. The van der Waals surface area contributed by atoms with Crippen molar-refractivity contribution < 1.29 is 28.2 Å². The van der Waals surface area contributed by atoms with Crippen molar-refractivity contribution in [3.05, 3.63) is 128 Å². The van der Waals surface area contributed by atoms with E-state index in [1.165, 1.54) is 7.11 Å². The predicted octanol–water partition coefficient (Wildman–Crippen LogP) is 8.18. The molecule has 220 valence electrons. The predicted molar refractivity (Wildman–Crippen MR) is 168 cm³/mol. The van der Waals surface area contributed by atoms with Gasteiger partial charge < -0.3 is 29.1 Å².